The van der Waals surface area contributed by atoms with Crippen LogP contribution in [0.3, 0.4) is 0 Å². The molecule has 2 fully saturated rings. The van der Waals surface area contributed by atoms with Gasteiger partial charge in [0.2, 0.25) is 0 Å². The monoisotopic (exact) mass is 353 g/mol. The smallest absolute Gasteiger partial charge is 0.407 e. The van der Waals surface area contributed by atoms with E-state index in [9.17, 15) is 15.0 Å². The number of hydrogen-bond donors (Lipinski definition) is 3. The van der Waals surface area contributed by atoms with E-state index in [0.717, 1.165) is 5.56 Å². The molecule has 8 nitrogen and oxygen atoms in total. The van der Waals surface area contributed by atoms with Gasteiger partial charge in [0.05, 0.1) is 6.61 Å². The second kappa shape index (κ2) is 7.27. The first-order valence-corrected chi connectivity index (χ1v) is 8.16. The third-order valence-electron chi connectivity index (χ3n) is 4.20. The third-order valence-corrected chi connectivity index (χ3v) is 4.20. The number of ether oxygens (including phenoxy) is 4. The van der Waals surface area contributed by atoms with Crippen molar-refractivity contribution in [3.8, 4) is 0 Å². The highest BCUT2D eigenvalue weighted by Crippen LogP contribution is 2.31. The molecule has 0 saturated carbocycles. The minimum atomic E-state index is -1.39. The number of hydrogen-bond acceptors (Lipinski definition) is 7. The molecule has 5 atom stereocenters. The molecular weight excluding hydrogens is 330 g/mol. The Morgan fingerprint density at radius 1 is 1.32 bits per heavy atom. The summed E-state index contributed by atoms with van der Waals surface area (Å²) in [5.41, 5.74) is 0.827. The van der Waals surface area contributed by atoms with Gasteiger partial charge in [-0.2, -0.15) is 0 Å². The fourth-order valence-electron chi connectivity index (χ4n) is 2.92. The van der Waals surface area contributed by atoms with Gasteiger partial charge in [0.15, 0.2) is 12.1 Å². The quantitative estimate of drug-likeness (QED) is 0.727. The molecule has 1 aromatic carbocycles. The van der Waals surface area contributed by atoms with Crippen molar-refractivity contribution >= 4 is 6.09 Å². The largest absolute Gasteiger partial charge is 0.445 e. The molecule has 0 aliphatic carbocycles. The molecule has 138 valence electrons. The summed E-state index contributed by atoms with van der Waals surface area (Å²) in [6.45, 7) is 3.70. The Labute approximate surface area is 145 Å². The summed E-state index contributed by atoms with van der Waals surface area (Å²) >= 11 is 0. The molecule has 2 saturated heterocycles. The molecule has 25 heavy (non-hydrogen) atoms. The Kier molecular flexibility index (Phi) is 5.26. The SMILES string of the molecule is CC1(C)OC[C@H]2O[C@@H](O)[C@H](NC(=O)OCc3ccccc3)[C@@H](O)[C@@H]2O1. The lowest BCUT2D eigenvalue weighted by Crippen LogP contribution is -2.68. The van der Waals surface area contributed by atoms with Crippen molar-refractivity contribution in [2.24, 2.45) is 0 Å². The fraction of sp³-hybridized carbons (Fsp3) is 0.588. The zero-order chi connectivity index (χ0) is 18.0. The van der Waals surface area contributed by atoms with Crippen molar-refractivity contribution in [3.05, 3.63) is 35.9 Å². The van der Waals surface area contributed by atoms with Crippen LogP contribution in [0.25, 0.3) is 0 Å². The summed E-state index contributed by atoms with van der Waals surface area (Å²) in [6, 6.07) is 8.11. The number of amides is 1. The van der Waals surface area contributed by atoms with E-state index in [0.29, 0.717) is 0 Å². The van der Waals surface area contributed by atoms with Gasteiger partial charge >= 0.3 is 6.09 Å². The van der Waals surface area contributed by atoms with Crippen LogP contribution in [0.1, 0.15) is 19.4 Å². The normalized spacial score (nSPS) is 34.0. The number of rotatable bonds is 3. The third kappa shape index (κ3) is 4.28. The average molecular weight is 353 g/mol. The van der Waals surface area contributed by atoms with Gasteiger partial charge < -0.3 is 34.5 Å². The van der Waals surface area contributed by atoms with Crippen LogP contribution in [0.4, 0.5) is 4.79 Å². The van der Waals surface area contributed by atoms with Crippen molar-refractivity contribution in [1.29, 1.82) is 0 Å². The van der Waals surface area contributed by atoms with Crippen molar-refractivity contribution in [3.63, 3.8) is 0 Å². The van der Waals surface area contributed by atoms with Crippen LogP contribution in [0.5, 0.6) is 0 Å². The van der Waals surface area contributed by atoms with Crippen LogP contribution < -0.4 is 5.32 Å². The van der Waals surface area contributed by atoms with Gasteiger partial charge in [0.25, 0.3) is 0 Å². The molecule has 1 aromatic rings. The molecule has 8 heteroatoms. The first-order chi connectivity index (χ1) is 11.9. The highest BCUT2D eigenvalue weighted by Gasteiger charge is 2.50. The van der Waals surface area contributed by atoms with Crippen LogP contribution in [0, 0.1) is 0 Å². The predicted molar refractivity (Wildman–Crippen MR) is 85.3 cm³/mol. The average Bonchev–Trinajstić information content (AvgIpc) is 2.58. The number of aliphatic hydroxyl groups excluding tert-OH is 2. The molecule has 3 rings (SSSR count). The Hall–Kier alpha value is -1.71. The lowest BCUT2D eigenvalue weighted by atomic mass is 9.95. The van der Waals surface area contributed by atoms with Gasteiger partial charge in [-0.3, -0.25) is 0 Å². The number of nitrogens with one attached hydrogen (secondary N) is 1. The zero-order valence-corrected chi connectivity index (χ0v) is 14.1. The van der Waals surface area contributed by atoms with Crippen LogP contribution in [0.2, 0.25) is 0 Å². The molecule has 0 radical (unpaired) electrons. The van der Waals surface area contributed by atoms with Crippen LogP contribution in [0.15, 0.2) is 30.3 Å². The highest BCUT2D eigenvalue weighted by molar-refractivity contribution is 5.67. The van der Waals surface area contributed by atoms with E-state index in [1.807, 2.05) is 30.3 Å². The molecule has 0 aromatic heterocycles. The number of carbonyl (C=O) groups is 1. The van der Waals surface area contributed by atoms with Gasteiger partial charge in [-0.15, -0.1) is 0 Å². The summed E-state index contributed by atoms with van der Waals surface area (Å²) in [5, 5.41) is 23.0. The summed E-state index contributed by atoms with van der Waals surface area (Å²) in [5.74, 6) is -0.883. The first kappa shape index (κ1) is 18.1. The number of fused-ring (bicyclic) bond motifs is 1. The Bertz CT molecular complexity index is 594. The topological polar surface area (TPSA) is 106 Å². The Balaban J connectivity index is 1.58. The summed E-state index contributed by atoms with van der Waals surface area (Å²) in [7, 11) is 0. The van der Waals surface area contributed by atoms with Gasteiger partial charge in [-0.05, 0) is 19.4 Å². The van der Waals surface area contributed by atoms with E-state index in [4.69, 9.17) is 18.9 Å². The minimum Gasteiger partial charge on any atom is -0.445 e. The Morgan fingerprint density at radius 3 is 2.76 bits per heavy atom. The maximum Gasteiger partial charge on any atom is 0.407 e. The second-order valence-electron chi connectivity index (χ2n) is 6.58. The zero-order valence-electron chi connectivity index (χ0n) is 14.1. The van der Waals surface area contributed by atoms with Gasteiger partial charge in [0.1, 0.15) is 31.0 Å². The highest BCUT2D eigenvalue weighted by atomic mass is 16.7. The van der Waals surface area contributed by atoms with Crippen LogP contribution in [-0.4, -0.2) is 59.3 Å². The fourth-order valence-corrected chi connectivity index (χ4v) is 2.92. The molecular formula is C17H23NO7. The number of alkyl carbamates (subject to hydrolysis) is 1. The van der Waals surface area contributed by atoms with Gasteiger partial charge in [0, 0.05) is 0 Å². The lowest BCUT2D eigenvalue weighted by molar-refractivity contribution is -0.364. The van der Waals surface area contributed by atoms with E-state index in [1.165, 1.54) is 0 Å². The predicted octanol–water partition coefficient (Wildman–Crippen LogP) is 0.511. The van der Waals surface area contributed by atoms with Crippen LogP contribution >= 0.6 is 0 Å². The van der Waals surface area contributed by atoms with E-state index in [-0.39, 0.29) is 13.2 Å². The van der Waals surface area contributed by atoms with E-state index in [1.54, 1.807) is 13.8 Å². The van der Waals surface area contributed by atoms with Gasteiger partial charge in [-0.25, -0.2) is 4.79 Å². The van der Waals surface area contributed by atoms with E-state index < -0.39 is 42.5 Å². The lowest BCUT2D eigenvalue weighted by Gasteiger charge is -2.48. The summed E-state index contributed by atoms with van der Waals surface area (Å²) < 4.78 is 21.6. The van der Waals surface area contributed by atoms with E-state index >= 15 is 0 Å². The number of aliphatic hydroxyl groups is 2. The van der Waals surface area contributed by atoms with Crippen molar-refractivity contribution in [1.82, 2.24) is 5.32 Å². The molecule has 2 heterocycles. The van der Waals surface area contributed by atoms with Crippen molar-refractivity contribution < 1.29 is 34.0 Å². The van der Waals surface area contributed by atoms with E-state index in [2.05, 4.69) is 5.32 Å². The first-order valence-electron chi connectivity index (χ1n) is 8.16. The molecule has 3 N–H and O–H groups in total. The maximum atomic E-state index is 12.0. The van der Waals surface area contributed by atoms with Crippen LogP contribution in [-0.2, 0) is 25.6 Å². The molecule has 1 amide bonds. The van der Waals surface area contributed by atoms with Crippen molar-refractivity contribution in [2.45, 2.75) is 56.9 Å². The summed E-state index contributed by atoms with van der Waals surface area (Å²) in [4.78, 5) is 12.0. The molecule has 2 aliphatic rings. The molecule has 0 spiro atoms. The maximum absolute atomic E-state index is 12.0. The number of carbonyl (C=O) groups excluding carboxylic acids is 1. The standard InChI is InChI=1S/C17H23NO7/c1-17(2)23-9-11-14(25-17)13(19)12(15(20)24-11)18-16(21)22-8-10-6-4-3-5-7-10/h3-7,11-15,19-20H,8-9H2,1-2H3,(H,18,21)/t11-,12-,13-,14-,15-/m1/s1. The number of benzene rings is 1. The Morgan fingerprint density at radius 2 is 2.04 bits per heavy atom. The molecule has 0 unspecified atom stereocenters. The summed E-state index contributed by atoms with van der Waals surface area (Å²) in [6.07, 6.45) is -4.67. The second-order valence-corrected chi connectivity index (χ2v) is 6.58. The minimum absolute atomic E-state index is 0.0792. The van der Waals surface area contributed by atoms with Crippen molar-refractivity contribution in [2.75, 3.05) is 6.61 Å². The molecule has 2 aliphatic heterocycles. The molecule has 0 bridgehead atoms. The van der Waals surface area contributed by atoms with Gasteiger partial charge in [-0.1, -0.05) is 30.3 Å².